The third-order valence-electron chi connectivity index (χ3n) is 3.42. The molecule has 1 saturated heterocycles. The van der Waals surface area contributed by atoms with E-state index in [0.29, 0.717) is 31.6 Å². The molecule has 1 unspecified atom stereocenters. The number of carbonyl (C=O) groups excluding carboxylic acids is 1. The Hall–Kier alpha value is -1.56. The molecule has 0 radical (unpaired) electrons. The largest absolute Gasteiger partial charge is 0.334 e. The van der Waals surface area contributed by atoms with Crippen LogP contribution in [0.3, 0.4) is 0 Å². The van der Waals surface area contributed by atoms with Crippen LogP contribution >= 0.6 is 0 Å². The molecule has 0 aliphatic carbocycles. The van der Waals surface area contributed by atoms with Gasteiger partial charge in [-0.05, 0) is 19.4 Å². The van der Waals surface area contributed by atoms with E-state index in [9.17, 15) is 18.0 Å². The van der Waals surface area contributed by atoms with E-state index in [1.54, 1.807) is 0 Å². The number of carbonyl (C=O) groups is 1. The van der Waals surface area contributed by atoms with Crippen molar-refractivity contribution in [2.75, 3.05) is 19.6 Å². The van der Waals surface area contributed by atoms with Crippen LogP contribution in [0.1, 0.15) is 30.1 Å². The first-order chi connectivity index (χ1) is 9.54. The van der Waals surface area contributed by atoms with Crippen LogP contribution in [0.25, 0.3) is 0 Å². The van der Waals surface area contributed by atoms with Gasteiger partial charge in [-0.3, -0.25) is 4.79 Å². The van der Waals surface area contributed by atoms with Crippen LogP contribution in [0, 0.1) is 17.5 Å². The normalized spacial score (nSPS) is 18.3. The molecule has 110 valence electrons. The number of amides is 1. The lowest BCUT2D eigenvalue weighted by Crippen LogP contribution is -2.42. The number of benzene rings is 1. The minimum absolute atomic E-state index is 0.0775. The second-order valence-electron chi connectivity index (χ2n) is 4.89. The average molecular weight is 286 g/mol. The molecule has 1 aliphatic rings. The summed E-state index contributed by atoms with van der Waals surface area (Å²) < 4.78 is 40.3. The van der Waals surface area contributed by atoms with Gasteiger partial charge in [0.05, 0.1) is 0 Å². The van der Waals surface area contributed by atoms with E-state index in [-0.39, 0.29) is 6.04 Å². The summed E-state index contributed by atoms with van der Waals surface area (Å²) >= 11 is 0. The van der Waals surface area contributed by atoms with E-state index >= 15 is 0 Å². The van der Waals surface area contributed by atoms with Crippen molar-refractivity contribution in [1.82, 2.24) is 10.2 Å². The second-order valence-corrected chi connectivity index (χ2v) is 4.89. The predicted octanol–water partition coefficient (Wildman–Crippen LogP) is 2.32. The predicted molar refractivity (Wildman–Crippen MR) is 68.9 cm³/mol. The first-order valence-electron chi connectivity index (χ1n) is 6.70. The van der Waals surface area contributed by atoms with Crippen molar-refractivity contribution in [2.45, 2.75) is 25.8 Å². The van der Waals surface area contributed by atoms with Gasteiger partial charge in [-0.15, -0.1) is 0 Å². The third kappa shape index (κ3) is 2.95. The SMILES string of the molecule is CCCN(C(=O)c1c(F)cc(F)cc1F)C1CCNC1. The number of rotatable bonds is 4. The number of halogens is 3. The summed E-state index contributed by atoms with van der Waals surface area (Å²) in [6.07, 6.45) is 1.43. The molecule has 1 N–H and O–H groups in total. The molecule has 3 nitrogen and oxygen atoms in total. The van der Waals surface area contributed by atoms with Gasteiger partial charge in [0.15, 0.2) is 0 Å². The van der Waals surface area contributed by atoms with Gasteiger partial charge in [-0.25, -0.2) is 13.2 Å². The van der Waals surface area contributed by atoms with Crippen LogP contribution in [0.15, 0.2) is 12.1 Å². The lowest BCUT2D eigenvalue weighted by molar-refractivity contribution is 0.0682. The molecule has 1 heterocycles. The molecule has 1 amide bonds. The van der Waals surface area contributed by atoms with Crippen molar-refractivity contribution < 1.29 is 18.0 Å². The topological polar surface area (TPSA) is 32.3 Å². The molecule has 0 spiro atoms. The maximum absolute atomic E-state index is 13.7. The molecule has 1 aliphatic heterocycles. The number of nitrogens with zero attached hydrogens (tertiary/aromatic N) is 1. The van der Waals surface area contributed by atoms with Crippen LogP contribution in [0.4, 0.5) is 13.2 Å². The Bertz CT molecular complexity index is 478. The van der Waals surface area contributed by atoms with Crippen molar-refractivity contribution in [2.24, 2.45) is 0 Å². The van der Waals surface area contributed by atoms with E-state index in [2.05, 4.69) is 5.32 Å². The van der Waals surface area contributed by atoms with E-state index in [0.717, 1.165) is 13.0 Å². The molecule has 0 saturated carbocycles. The number of hydrogen-bond donors (Lipinski definition) is 1. The molecular formula is C14H17F3N2O. The Kier molecular flexibility index (Phi) is 4.65. The molecule has 1 atom stereocenters. The van der Waals surface area contributed by atoms with Gasteiger partial charge in [0.25, 0.3) is 5.91 Å². The molecular weight excluding hydrogens is 269 g/mol. The molecule has 0 aromatic heterocycles. The lowest BCUT2D eigenvalue weighted by Gasteiger charge is -2.28. The number of hydrogen-bond acceptors (Lipinski definition) is 2. The fourth-order valence-corrected chi connectivity index (χ4v) is 2.49. The molecule has 1 aromatic rings. The molecule has 0 bridgehead atoms. The quantitative estimate of drug-likeness (QED) is 0.921. The fourth-order valence-electron chi connectivity index (χ4n) is 2.49. The van der Waals surface area contributed by atoms with E-state index < -0.39 is 28.9 Å². The summed E-state index contributed by atoms with van der Waals surface area (Å²) in [6.45, 7) is 3.68. The lowest BCUT2D eigenvalue weighted by atomic mass is 10.1. The highest BCUT2D eigenvalue weighted by Crippen LogP contribution is 2.20. The summed E-state index contributed by atoms with van der Waals surface area (Å²) in [5, 5.41) is 3.11. The maximum atomic E-state index is 13.7. The van der Waals surface area contributed by atoms with Gasteiger partial charge in [-0.2, -0.15) is 0 Å². The molecule has 6 heteroatoms. The fraction of sp³-hybridized carbons (Fsp3) is 0.500. The van der Waals surface area contributed by atoms with Crippen molar-refractivity contribution in [3.05, 3.63) is 35.1 Å². The van der Waals surface area contributed by atoms with E-state index in [4.69, 9.17) is 0 Å². The van der Waals surface area contributed by atoms with Gasteiger partial charge in [0.2, 0.25) is 0 Å². The van der Waals surface area contributed by atoms with Crippen LogP contribution in [0.5, 0.6) is 0 Å². The Morgan fingerprint density at radius 2 is 2.00 bits per heavy atom. The molecule has 2 rings (SSSR count). The molecule has 20 heavy (non-hydrogen) atoms. The van der Waals surface area contributed by atoms with Crippen molar-refractivity contribution >= 4 is 5.91 Å². The highest BCUT2D eigenvalue weighted by atomic mass is 19.1. The van der Waals surface area contributed by atoms with Gasteiger partial charge >= 0.3 is 0 Å². The van der Waals surface area contributed by atoms with Crippen LogP contribution in [-0.2, 0) is 0 Å². The first kappa shape index (κ1) is 14.8. The second kappa shape index (κ2) is 6.26. The Balaban J connectivity index is 2.31. The maximum Gasteiger partial charge on any atom is 0.260 e. The molecule has 1 fully saturated rings. The highest BCUT2D eigenvalue weighted by Gasteiger charge is 2.30. The van der Waals surface area contributed by atoms with Gasteiger partial charge < -0.3 is 10.2 Å². The Morgan fingerprint density at radius 3 is 2.50 bits per heavy atom. The van der Waals surface area contributed by atoms with Gasteiger partial charge in [0.1, 0.15) is 23.0 Å². The zero-order valence-electron chi connectivity index (χ0n) is 11.3. The zero-order valence-corrected chi connectivity index (χ0v) is 11.3. The van der Waals surface area contributed by atoms with Crippen molar-refractivity contribution in [3.8, 4) is 0 Å². The van der Waals surface area contributed by atoms with Crippen molar-refractivity contribution in [1.29, 1.82) is 0 Å². The minimum atomic E-state index is -1.15. The Morgan fingerprint density at radius 1 is 1.35 bits per heavy atom. The Labute approximate surface area is 115 Å². The molecule has 1 aromatic carbocycles. The monoisotopic (exact) mass is 286 g/mol. The smallest absolute Gasteiger partial charge is 0.260 e. The van der Waals surface area contributed by atoms with E-state index in [1.807, 2.05) is 6.92 Å². The summed E-state index contributed by atoms with van der Waals surface area (Å²) in [5.74, 6) is -4.05. The minimum Gasteiger partial charge on any atom is -0.334 e. The van der Waals surface area contributed by atoms with E-state index in [1.165, 1.54) is 4.90 Å². The number of nitrogens with one attached hydrogen (secondary N) is 1. The average Bonchev–Trinajstić information content (AvgIpc) is 2.87. The summed E-state index contributed by atoms with van der Waals surface area (Å²) in [7, 11) is 0. The third-order valence-corrected chi connectivity index (χ3v) is 3.42. The first-order valence-corrected chi connectivity index (χ1v) is 6.70. The van der Waals surface area contributed by atoms with Crippen molar-refractivity contribution in [3.63, 3.8) is 0 Å². The van der Waals surface area contributed by atoms with Crippen LogP contribution < -0.4 is 5.32 Å². The van der Waals surface area contributed by atoms with Gasteiger partial charge in [0, 0.05) is 31.3 Å². The van der Waals surface area contributed by atoms with Gasteiger partial charge in [-0.1, -0.05) is 6.92 Å². The van der Waals surface area contributed by atoms with Crippen LogP contribution in [0.2, 0.25) is 0 Å². The standard InChI is InChI=1S/C14H17F3N2O/c1-2-5-19(10-3-4-18-8-10)14(20)13-11(16)6-9(15)7-12(13)17/h6-7,10,18H,2-5,8H2,1H3. The highest BCUT2D eigenvalue weighted by molar-refractivity contribution is 5.95. The van der Waals surface area contributed by atoms with Crippen LogP contribution in [-0.4, -0.2) is 36.5 Å². The summed E-state index contributed by atoms with van der Waals surface area (Å²) in [6, 6.07) is 0.993. The zero-order chi connectivity index (χ0) is 14.7. The summed E-state index contributed by atoms with van der Waals surface area (Å²) in [4.78, 5) is 13.8. The summed E-state index contributed by atoms with van der Waals surface area (Å²) in [5.41, 5.74) is -0.674.